The minimum absolute atomic E-state index is 0.165. The van der Waals surface area contributed by atoms with Crippen LogP contribution in [0.5, 0.6) is 5.75 Å². The topological polar surface area (TPSA) is 36.9 Å². The van der Waals surface area contributed by atoms with Crippen molar-refractivity contribution in [2.24, 2.45) is 4.99 Å². The summed E-state index contributed by atoms with van der Waals surface area (Å²) in [7, 11) is 3.70. The number of hydrogen-bond donors (Lipinski definition) is 1. The molecule has 1 aromatic rings. The highest BCUT2D eigenvalue weighted by molar-refractivity contribution is 5.79. The first-order valence-electron chi connectivity index (χ1n) is 7.02. The SMILES string of the molecule is CCCCN(C)C(=NC)NCc1cccc(OC(F)F)c1. The molecular weight excluding hydrogens is 276 g/mol. The molecule has 118 valence electrons. The average molecular weight is 299 g/mol. The maximum atomic E-state index is 12.2. The van der Waals surface area contributed by atoms with Crippen molar-refractivity contribution >= 4 is 5.96 Å². The lowest BCUT2D eigenvalue weighted by atomic mass is 10.2. The quantitative estimate of drug-likeness (QED) is 0.621. The third kappa shape index (κ3) is 6.42. The zero-order chi connectivity index (χ0) is 15.7. The summed E-state index contributed by atoms with van der Waals surface area (Å²) in [5, 5.41) is 3.21. The number of guanidine groups is 1. The van der Waals surface area contributed by atoms with E-state index in [1.165, 1.54) is 6.07 Å². The molecule has 1 aromatic carbocycles. The van der Waals surface area contributed by atoms with Crippen LogP contribution in [0.2, 0.25) is 0 Å². The first kappa shape index (κ1) is 17.2. The van der Waals surface area contributed by atoms with Crippen LogP contribution in [0.1, 0.15) is 25.3 Å². The summed E-state index contributed by atoms with van der Waals surface area (Å²) in [6, 6.07) is 6.65. The molecule has 0 fully saturated rings. The highest BCUT2D eigenvalue weighted by atomic mass is 19.3. The lowest BCUT2D eigenvalue weighted by molar-refractivity contribution is -0.0498. The second-order valence-electron chi connectivity index (χ2n) is 4.70. The van der Waals surface area contributed by atoms with Gasteiger partial charge in [-0.05, 0) is 24.1 Å². The Bertz CT molecular complexity index is 452. The van der Waals surface area contributed by atoms with Gasteiger partial charge in [0, 0.05) is 27.2 Å². The van der Waals surface area contributed by atoms with E-state index in [1.807, 2.05) is 18.0 Å². The standard InChI is InChI=1S/C15H23F2N3O/c1-4-5-9-20(3)15(18-2)19-11-12-7-6-8-13(10-12)21-14(16)17/h6-8,10,14H,4-5,9,11H2,1-3H3,(H,18,19). The highest BCUT2D eigenvalue weighted by Gasteiger charge is 2.07. The van der Waals surface area contributed by atoms with Gasteiger partial charge in [0.1, 0.15) is 5.75 Å². The van der Waals surface area contributed by atoms with E-state index in [9.17, 15) is 8.78 Å². The molecule has 0 aliphatic heterocycles. The number of alkyl halides is 2. The van der Waals surface area contributed by atoms with Gasteiger partial charge in [-0.25, -0.2) is 0 Å². The van der Waals surface area contributed by atoms with Gasteiger partial charge in [0.15, 0.2) is 5.96 Å². The van der Waals surface area contributed by atoms with Crippen molar-refractivity contribution in [1.29, 1.82) is 0 Å². The number of unbranched alkanes of at least 4 members (excludes halogenated alkanes) is 1. The largest absolute Gasteiger partial charge is 0.435 e. The zero-order valence-electron chi connectivity index (χ0n) is 12.8. The summed E-state index contributed by atoms with van der Waals surface area (Å²) in [6.07, 6.45) is 2.21. The molecule has 4 nitrogen and oxygen atoms in total. The molecule has 0 atom stereocenters. The average Bonchev–Trinajstić information content (AvgIpc) is 2.45. The van der Waals surface area contributed by atoms with Gasteiger partial charge in [-0.3, -0.25) is 4.99 Å². The fraction of sp³-hybridized carbons (Fsp3) is 0.533. The highest BCUT2D eigenvalue weighted by Crippen LogP contribution is 2.15. The Balaban J connectivity index is 2.56. The molecule has 0 unspecified atom stereocenters. The van der Waals surface area contributed by atoms with Gasteiger partial charge in [0.25, 0.3) is 0 Å². The van der Waals surface area contributed by atoms with Gasteiger partial charge < -0.3 is 15.0 Å². The monoisotopic (exact) mass is 299 g/mol. The summed E-state index contributed by atoms with van der Waals surface area (Å²) in [6.45, 7) is 0.758. The Kier molecular flexibility index (Phi) is 7.50. The number of aliphatic imine (C=N–C) groups is 1. The summed E-state index contributed by atoms with van der Waals surface area (Å²) in [4.78, 5) is 6.25. The van der Waals surface area contributed by atoms with Crippen LogP contribution in [-0.4, -0.2) is 38.1 Å². The number of ether oxygens (including phenoxy) is 1. The molecule has 0 heterocycles. The van der Waals surface area contributed by atoms with Crippen molar-refractivity contribution in [3.05, 3.63) is 29.8 Å². The Morgan fingerprint density at radius 2 is 2.19 bits per heavy atom. The maximum Gasteiger partial charge on any atom is 0.387 e. The molecular formula is C15H23F2N3O. The van der Waals surface area contributed by atoms with Crippen molar-refractivity contribution < 1.29 is 13.5 Å². The Labute approximate surface area is 124 Å². The summed E-state index contributed by atoms with van der Waals surface area (Å²) < 4.78 is 28.7. The molecule has 0 saturated carbocycles. The lowest BCUT2D eigenvalue weighted by Crippen LogP contribution is -2.38. The maximum absolute atomic E-state index is 12.2. The fourth-order valence-corrected chi connectivity index (χ4v) is 1.90. The van der Waals surface area contributed by atoms with E-state index in [2.05, 4.69) is 22.0 Å². The summed E-state index contributed by atoms with van der Waals surface area (Å²) in [5.41, 5.74) is 0.859. The van der Waals surface area contributed by atoms with Crippen LogP contribution < -0.4 is 10.1 Å². The number of hydrogen-bond acceptors (Lipinski definition) is 2. The first-order chi connectivity index (χ1) is 10.1. The molecule has 0 saturated heterocycles. The molecule has 0 amide bonds. The Hall–Kier alpha value is -1.85. The zero-order valence-corrected chi connectivity index (χ0v) is 12.8. The van der Waals surface area contributed by atoms with Gasteiger partial charge in [0.05, 0.1) is 0 Å². The van der Waals surface area contributed by atoms with Gasteiger partial charge >= 0.3 is 6.61 Å². The molecule has 1 N–H and O–H groups in total. The van der Waals surface area contributed by atoms with E-state index in [1.54, 1.807) is 19.2 Å². The van der Waals surface area contributed by atoms with Crippen LogP contribution in [0, 0.1) is 0 Å². The van der Waals surface area contributed by atoms with Crippen molar-refractivity contribution in [2.75, 3.05) is 20.6 Å². The molecule has 0 spiro atoms. The van der Waals surface area contributed by atoms with Gasteiger partial charge in [0.2, 0.25) is 0 Å². The van der Waals surface area contributed by atoms with Gasteiger partial charge in [-0.2, -0.15) is 8.78 Å². The second-order valence-corrected chi connectivity index (χ2v) is 4.70. The normalized spacial score (nSPS) is 11.6. The number of nitrogens with one attached hydrogen (secondary N) is 1. The summed E-state index contributed by atoms with van der Waals surface area (Å²) >= 11 is 0. The molecule has 1 rings (SSSR count). The second kappa shape index (κ2) is 9.15. The van der Waals surface area contributed by atoms with Gasteiger partial charge in [-0.15, -0.1) is 0 Å². The fourth-order valence-electron chi connectivity index (χ4n) is 1.90. The van der Waals surface area contributed by atoms with Crippen molar-refractivity contribution in [3.8, 4) is 5.75 Å². The molecule has 21 heavy (non-hydrogen) atoms. The molecule has 0 aromatic heterocycles. The summed E-state index contributed by atoms with van der Waals surface area (Å²) in [5.74, 6) is 0.947. The van der Waals surface area contributed by atoms with Crippen molar-refractivity contribution in [2.45, 2.75) is 32.9 Å². The van der Waals surface area contributed by atoms with E-state index < -0.39 is 6.61 Å². The van der Waals surface area contributed by atoms with E-state index in [-0.39, 0.29) is 5.75 Å². The van der Waals surface area contributed by atoms with Crippen molar-refractivity contribution in [1.82, 2.24) is 10.2 Å². The molecule has 0 radical (unpaired) electrons. The Morgan fingerprint density at radius 3 is 2.81 bits per heavy atom. The minimum Gasteiger partial charge on any atom is -0.435 e. The van der Waals surface area contributed by atoms with E-state index in [4.69, 9.17) is 0 Å². The van der Waals surface area contributed by atoms with E-state index in [0.717, 1.165) is 30.9 Å². The van der Waals surface area contributed by atoms with Crippen LogP contribution in [-0.2, 0) is 6.54 Å². The molecule has 6 heteroatoms. The minimum atomic E-state index is -2.80. The number of halogens is 2. The first-order valence-corrected chi connectivity index (χ1v) is 7.02. The van der Waals surface area contributed by atoms with Crippen molar-refractivity contribution in [3.63, 3.8) is 0 Å². The van der Waals surface area contributed by atoms with Crippen LogP contribution in [0.25, 0.3) is 0 Å². The van der Waals surface area contributed by atoms with Crippen LogP contribution in [0.4, 0.5) is 8.78 Å². The predicted molar refractivity (Wildman–Crippen MR) is 80.8 cm³/mol. The number of benzene rings is 1. The number of nitrogens with zero attached hydrogens (tertiary/aromatic N) is 2. The molecule has 0 aliphatic carbocycles. The van der Waals surface area contributed by atoms with Crippen LogP contribution >= 0.6 is 0 Å². The Morgan fingerprint density at radius 1 is 1.43 bits per heavy atom. The van der Waals surface area contributed by atoms with E-state index >= 15 is 0 Å². The van der Waals surface area contributed by atoms with Crippen LogP contribution in [0.15, 0.2) is 29.3 Å². The third-order valence-corrected chi connectivity index (χ3v) is 2.99. The number of rotatable bonds is 7. The predicted octanol–water partition coefficient (Wildman–Crippen LogP) is 3.10. The molecule has 0 aliphatic rings. The smallest absolute Gasteiger partial charge is 0.387 e. The van der Waals surface area contributed by atoms with E-state index in [0.29, 0.717) is 6.54 Å². The van der Waals surface area contributed by atoms with Crippen LogP contribution in [0.3, 0.4) is 0 Å². The molecule has 0 bridgehead atoms. The lowest BCUT2D eigenvalue weighted by Gasteiger charge is -2.22. The van der Waals surface area contributed by atoms with Gasteiger partial charge in [-0.1, -0.05) is 25.5 Å². The third-order valence-electron chi connectivity index (χ3n) is 2.99.